The summed E-state index contributed by atoms with van der Waals surface area (Å²) in [5.41, 5.74) is 2.15. The standard InChI is InChI=1S/C15H20N4O2/c1-10-5-4-6-11(2)14(10)21-8-7-13(20)18-12(3)15-16-9-17-19-15/h4-6,9,12H,7-8H2,1-3H3,(H,18,20)(H,16,17,19). The summed E-state index contributed by atoms with van der Waals surface area (Å²) in [4.78, 5) is 15.9. The van der Waals surface area contributed by atoms with Crippen molar-refractivity contribution in [2.75, 3.05) is 6.61 Å². The van der Waals surface area contributed by atoms with Crippen molar-refractivity contribution in [3.8, 4) is 5.75 Å². The fraction of sp³-hybridized carbons (Fsp3) is 0.400. The van der Waals surface area contributed by atoms with Crippen LogP contribution >= 0.6 is 0 Å². The molecule has 0 saturated carbocycles. The van der Waals surface area contributed by atoms with Crippen LogP contribution in [0, 0.1) is 13.8 Å². The Morgan fingerprint density at radius 3 is 2.71 bits per heavy atom. The highest BCUT2D eigenvalue weighted by molar-refractivity contribution is 5.76. The molecular formula is C15H20N4O2. The van der Waals surface area contributed by atoms with Gasteiger partial charge in [-0.15, -0.1) is 0 Å². The molecule has 1 amide bonds. The molecule has 21 heavy (non-hydrogen) atoms. The van der Waals surface area contributed by atoms with Gasteiger partial charge in [-0.1, -0.05) is 18.2 Å². The second kappa shape index (κ2) is 6.88. The fourth-order valence-electron chi connectivity index (χ4n) is 2.08. The Kier molecular flexibility index (Phi) is 4.92. The van der Waals surface area contributed by atoms with E-state index in [2.05, 4.69) is 20.5 Å². The van der Waals surface area contributed by atoms with E-state index in [0.29, 0.717) is 18.9 Å². The SMILES string of the molecule is Cc1cccc(C)c1OCCC(=O)NC(C)c1ncn[nH]1. The number of rotatable bonds is 6. The highest BCUT2D eigenvalue weighted by atomic mass is 16.5. The Morgan fingerprint density at radius 2 is 2.10 bits per heavy atom. The number of aryl methyl sites for hydroxylation is 2. The van der Waals surface area contributed by atoms with E-state index < -0.39 is 0 Å². The highest BCUT2D eigenvalue weighted by Gasteiger charge is 2.12. The zero-order valence-electron chi connectivity index (χ0n) is 12.5. The van der Waals surface area contributed by atoms with Crippen LogP contribution in [0.3, 0.4) is 0 Å². The molecule has 1 aromatic heterocycles. The molecule has 1 aromatic carbocycles. The molecule has 1 heterocycles. The van der Waals surface area contributed by atoms with E-state index in [0.717, 1.165) is 16.9 Å². The summed E-state index contributed by atoms with van der Waals surface area (Å²) < 4.78 is 5.71. The van der Waals surface area contributed by atoms with E-state index in [1.165, 1.54) is 6.33 Å². The molecule has 0 spiro atoms. The van der Waals surface area contributed by atoms with E-state index >= 15 is 0 Å². The molecule has 2 N–H and O–H groups in total. The van der Waals surface area contributed by atoms with Crippen LogP contribution in [0.1, 0.15) is 36.3 Å². The number of hydrogen-bond acceptors (Lipinski definition) is 4. The highest BCUT2D eigenvalue weighted by Crippen LogP contribution is 2.22. The van der Waals surface area contributed by atoms with E-state index in [1.807, 2.05) is 39.0 Å². The quantitative estimate of drug-likeness (QED) is 0.852. The van der Waals surface area contributed by atoms with Gasteiger partial charge in [0.1, 0.15) is 17.9 Å². The van der Waals surface area contributed by atoms with Gasteiger partial charge < -0.3 is 10.1 Å². The Balaban J connectivity index is 1.79. The first-order valence-corrected chi connectivity index (χ1v) is 6.91. The topological polar surface area (TPSA) is 79.9 Å². The van der Waals surface area contributed by atoms with Crippen LogP contribution < -0.4 is 10.1 Å². The Labute approximate surface area is 123 Å². The largest absolute Gasteiger partial charge is 0.493 e. The molecule has 6 heteroatoms. The molecule has 2 rings (SSSR count). The van der Waals surface area contributed by atoms with Gasteiger partial charge in [0.25, 0.3) is 0 Å². The maximum atomic E-state index is 11.9. The molecule has 1 unspecified atom stereocenters. The van der Waals surface area contributed by atoms with Crippen LogP contribution in [-0.4, -0.2) is 27.7 Å². The van der Waals surface area contributed by atoms with Gasteiger partial charge in [0.15, 0.2) is 0 Å². The number of nitrogens with one attached hydrogen (secondary N) is 2. The Hall–Kier alpha value is -2.37. The minimum Gasteiger partial charge on any atom is -0.493 e. The number of carbonyl (C=O) groups is 1. The van der Waals surface area contributed by atoms with Crippen LogP contribution in [0.15, 0.2) is 24.5 Å². The molecule has 0 radical (unpaired) electrons. The number of hydrogen-bond donors (Lipinski definition) is 2. The van der Waals surface area contributed by atoms with Gasteiger partial charge in [0.05, 0.1) is 19.1 Å². The zero-order chi connectivity index (χ0) is 15.2. The minimum atomic E-state index is -0.194. The van der Waals surface area contributed by atoms with Gasteiger partial charge in [-0.25, -0.2) is 4.98 Å². The second-order valence-electron chi connectivity index (χ2n) is 4.98. The van der Waals surface area contributed by atoms with E-state index in [9.17, 15) is 4.79 Å². The van der Waals surface area contributed by atoms with Gasteiger partial charge in [0.2, 0.25) is 5.91 Å². The van der Waals surface area contributed by atoms with Crippen LogP contribution in [0.25, 0.3) is 0 Å². The lowest BCUT2D eigenvalue weighted by Gasteiger charge is -2.13. The van der Waals surface area contributed by atoms with Crippen molar-refractivity contribution in [2.45, 2.75) is 33.2 Å². The van der Waals surface area contributed by atoms with Crippen LogP contribution in [0.4, 0.5) is 0 Å². The predicted octanol–water partition coefficient (Wildman–Crippen LogP) is 2.07. The lowest BCUT2D eigenvalue weighted by molar-refractivity contribution is -0.122. The lowest BCUT2D eigenvalue weighted by atomic mass is 10.1. The second-order valence-corrected chi connectivity index (χ2v) is 4.98. The van der Waals surface area contributed by atoms with Crippen LogP contribution in [0.5, 0.6) is 5.75 Å². The number of nitrogens with zero attached hydrogens (tertiary/aromatic N) is 2. The van der Waals surface area contributed by atoms with Crippen molar-refractivity contribution >= 4 is 5.91 Å². The molecule has 1 atom stereocenters. The zero-order valence-corrected chi connectivity index (χ0v) is 12.5. The number of aromatic amines is 1. The van der Waals surface area contributed by atoms with Gasteiger partial charge in [-0.05, 0) is 31.9 Å². The average Bonchev–Trinajstić information content (AvgIpc) is 2.96. The Bertz CT molecular complexity index is 575. The fourth-order valence-corrected chi connectivity index (χ4v) is 2.08. The number of H-pyrrole nitrogens is 1. The number of carbonyl (C=O) groups excluding carboxylic acids is 1. The smallest absolute Gasteiger partial charge is 0.224 e. The third kappa shape index (κ3) is 4.05. The first-order valence-electron chi connectivity index (χ1n) is 6.91. The predicted molar refractivity (Wildman–Crippen MR) is 79.0 cm³/mol. The summed E-state index contributed by atoms with van der Waals surface area (Å²) in [5.74, 6) is 1.41. The molecule has 0 saturated heterocycles. The van der Waals surface area contributed by atoms with Crippen molar-refractivity contribution in [3.63, 3.8) is 0 Å². The maximum absolute atomic E-state index is 11.9. The van der Waals surface area contributed by atoms with Crippen molar-refractivity contribution < 1.29 is 9.53 Å². The van der Waals surface area contributed by atoms with Crippen molar-refractivity contribution in [1.82, 2.24) is 20.5 Å². The normalized spacial score (nSPS) is 12.0. The minimum absolute atomic E-state index is 0.0786. The monoisotopic (exact) mass is 288 g/mol. The number of ether oxygens (including phenoxy) is 1. The number of aromatic nitrogens is 3. The molecule has 112 valence electrons. The van der Waals surface area contributed by atoms with Crippen molar-refractivity contribution in [3.05, 3.63) is 41.5 Å². The van der Waals surface area contributed by atoms with Gasteiger partial charge in [0, 0.05) is 0 Å². The third-order valence-electron chi connectivity index (χ3n) is 3.21. The molecular weight excluding hydrogens is 268 g/mol. The summed E-state index contributed by atoms with van der Waals surface area (Å²) in [7, 11) is 0. The van der Waals surface area contributed by atoms with Gasteiger partial charge in [-0.2, -0.15) is 5.10 Å². The van der Waals surface area contributed by atoms with Crippen molar-refractivity contribution in [1.29, 1.82) is 0 Å². The summed E-state index contributed by atoms with van der Waals surface area (Å²) in [5, 5.41) is 9.34. The summed E-state index contributed by atoms with van der Waals surface area (Å²) in [6.45, 7) is 6.19. The van der Waals surface area contributed by atoms with Gasteiger partial charge >= 0.3 is 0 Å². The molecule has 0 aliphatic carbocycles. The average molecular weight is 288 g/mol. The molecule has 0 aliphatic heterocycles. The first-order chi connectivity index (χ1) is 10.1. The lowest BCUT2D eigenvalue weighted by Crippen LogP contribution is -2.28. The summed E-state index contributed by atoms with van der Waals surface area (Å²) in [6, 6.07) is 5.78. The maximum Gasteiger partial charge on any atom is 0.224 e. The Morgan fingerprint density at radius 1 is 1.38 bits per heavy atom. The molecule has 0 fully saturated rings. The van der Waals surface area contributed by atoms with Crippen LogP contribution in [-0.2, 0) is 4.79 Å². The van der Waals surface area contributed by atoms with Crippen LogP contribution in [0.2, 0.25) is 0 Å². The summed E-state index contributed by atoms with van der Waals surface area (Å²) in [6.07, 6.45) is 1.72. The summed E-state index contributed by atoms with van der Waals surface area (Å²) >= 11 is 0. The molecule has 2 aromatic rings. The third-order valence-corrected chi connectivity index (χ3v) is 3.21. The first kappa shape index (κ1) is 15.0. The number of para-hydroxylation sites is 1. The number of benzene rings is 1. The van der Waals surface area contributed by atoms with Gasteiger partial charge in [-0.3, -0.25) is 9.89 Å². The van der Waals surface area contributed by atoms with E-state index in [4.69, 9.17) is 4.74 Å². The molecule has 0 bridgehead atoms. The molecule has 0 aliphatic rings. The number of amides is 1. The van der Waals surface area contributed by atoms with E-state index in [-0.39, 0.29) is 11.9 Å². The van der Waals surface area contributed by atoms with Crippen molar-refractivity contribution in [2.24, 2.45) is 0 Å². The van der Waals surface area contributed by atoms with E-state index in [1.54, 1.807) is 0 Å². The molecule has 6 nitrogen and oxygen atoms in total.